The molecule has 0 bridgehead atoms. The van der Waals surface area contributed by atoms with Crippen molar-refractivity contribution in [1.82, 2.24) is 30.0 Å². The Labute approximate surface area is 105 Å². The number of aromatic nitrogens is 5. The Bertz CT molecular complexity index is 543. The maximum atomic E-state index is 12.0. The normalized spacial score (nSPS) is 12.4. The van der Waals surface area contributed by atoms with Crippen LogP contribution in [-0.4, -0.2) is 30.6 Å². The number of nitrogens with zero attached hydrogens (tertiary/aromatic N) is 4. The second kappa shape index (κ2) is 4.99. The summed E-state index contributed by atoms with van der Waals surface area (Å²) in [5.41, 5.74) is 1.15. The molecule has 2 aromatic rings. The molecule has 0 aliphatic rings. The molecule has 2 aromatic heterocycles. The molecule has 2 rings (SSSR count). The predicted molar refractivity (Wildman–Crippen MR) is 64.9 cm³/mol. The molecule has 2 heterocycles. The molecule has 96 valence electrons. The minimum absolute atomic E-state index is 0.212. The number of imidazole rings is 1. The lowest BCUT2D eigenvalue weighted by molar-refractivity contribution is 0.0932. The van der Waals surface area contributed by atoms with Gasteiger partial charge in [-0.1, -0.05) is 0 Å². The third kappa shape index (κ3) is 2.24. The Hall–Kier alpha value is -2.18. The number of hydrogen-bond donors (Lipinski definition) is 2. The van der Waals surface area contributed by atoms with Crippen LogP contribution in [0.15, 0.2) is 12.7 Å². The summed E-state index contributed by atoms with van der Waals surface area (Å²) in [6, 6.07) is -0.212. The molecule has 0 aromatic carbocycles. The fourth-order valence-electron chi connectivity index (χ4n) is 1.76. The second-order valence-electron chi connectivity index (χ2n) is 4.05. The third-order valence-corrected chi connectivity index (χ3v) is 2.77. The van der Waals surface area contributed by atoms with E-state index >= 15 is 0 Å². The molecular formula is C11H16N6O. The van der Waals surface area contributed by atoms with Crippen LogP contribution in [0.4, 0.5) is 0 Å². The number of hydrogen-bond acceptors (Lipinski definition) is 4. The van der Waals surface area contributed by atoms with Gasteiger partial charge >= 0.3 is 0 Å². The van der Waals surface area contributed by atoms with Gasteiger partial charge < -0.3 is 14.9 Å². The zero-order valence-corrected chi connectivity index (χ0v) is 10.6. The van der Waals surface area contributed by atoms with E-state index in [-0.39, 0.29) is 11.9 Å². The van der Waals surface area contributed by atoms with Crippen LogP contribution in [0.5, 0.6) is 0 Å². The van der Waals surface area contributed by atoms with E-state index < -0.39 is 0 Å². The van der Waals surface area contributed by atoms with Crippen molar-refractivity contribution >= 4 is 5.91 Å². The topological polar surface area (TPSA) is 88.5 Å². The largest absolute Gasteiger partial charge is 0.348 e. The SMILES string of the molecule is CCn1cnnc1C(C)NC(=O)c1nc[nH]c1C. The Morgan fingerprint density at radius 1 is 1.61 bits per heavy atom. The van der Waals surface area contributed by atoms with Gasteiger partial charge in [-0.3, -0.25) is 4.79 Å². The Balaban J connectivity index is 2.10. The lowest BCUT2D eigenvalue weighted by atomic mass is 10.2. The minimum atomic E-state index is -0.216. The van der Waals surface area contributed by atoms with Crippen LogP contribution < -0.4 is 5.32 Å². The van der Waals surface area contributed by atoms with Gasteiger partial charge in [-0.2, -0.15) is 0 Å². The number of carbonyl (C=O) groups is 1. The van der Waals surface area contributed by atoms with Gasteiger partial charge in [-0.05, 0) is 20.8 Å². The Morgan fingerprint density at radius 3 is 3.00 bits per heavy atom. The van der Waals surface area contributed by atoms with E-state index in [1.807, 2.05) is 18.4 Å². The van der Waals surface area contributed by atoms with E-state index in [4.69, 9.17) is 0 Å². The van der Waals surface area contributed by atoms with Gasteiger partial charge in [0.25, 0.3) is 5.91 Å². The van der Waals surface area contributed by atoms with Crippen LogP contribution in [0.3, 0.4) is 0 Å². The Morgan fingerprint density at radius 2 is 2.39 bits per heavy atom. The van der Waals surface area contributed by atoms with Crippen molar-refractivity contribution < 1.29 is 4.79 Å². The highest BCUT2D eigenvalue weighted by molar-refractivity contribution is 5.93. The summed E-state index contributed by atoms with van der Waals surface area (Å²) < 4.78 is 1.89. The molecule has 1 atom stereocenters. The molecule has 2 N–H and O–H groups in total. The number of carbonyl (C=O) groups excluding carboxylic acids is 1. The maximum absolute atomic E-state index is 12.0. The lowest BCUT2D eigenvalue weighted by Crippen LogP contribution is -2.29. The Kier molecular flexibility index (Phi) is 3.40. The van der Waals surface area contributed by atoms with Crippen molar-refractivity contribution in [2.45, 2.75) is 33.4 Å². The molecule has 0 aliphatic carbocycles. The standard InChI is InChI=1S/C11H16N6O/c1-4-17-6-14-16-10(17)8(3)15-11(18)9-7(2)12-5-13-9/h5-6,8H,4H2,1-3H3,(H,12,13)(H,15,18). The fourth-order valence-corrected chi connectivity index (χ4v) is 1.76. The lowest BCUT2D eigenvalue weighted by Gasteiger charge is -2.13. The van der Waals surface area contributed by atoms with Crippen LogP contribution in [-0.2, 0) is 6.54 Å². The van der Waals surface area contributed by atoms with Crippen LogP contribution >= 0.6 is 0 Å². The molecule has 1 unspecified atom stereocenters. The number of aromatic amines is 1. The van der Waals surface area contributed by atoms with Crippen molar-refractivity contribution in [3.05, 3.63) is 29.9 Å². The highest BCUT2D eigenvalue weighted by Crippen LogP contribution is 2.10. The molecule has 0 spiro atoms. The molecule has 7 heteroatoms. The van der Waals surface area contributed by atoms with Gasteiger partial charge in [0, 0.05) is 12.2 Å². The first-order valence-electron chi connectivity index (χ1n) is 5.82. The van der Waals surface area contributed by atoms with Crippen molar-refractivity contribution in [2.75, 3.05) is 0 Å². The molecule has 7 nitrogen and oxygen atoms in total. The minimum Gasteiger partial charge on any atom is -0.348 e. The quantitative estimate of drug-likeness (QED) is 0.838. The summed E-state index contributed by atoms with van der Waals surface area (Å²) in [7, 11) is 0. The summed E-state index contributed by atoms with van der Waals surface area (Å²) in [5, 5.41) is 10.7. The highest BCUT2D eigenvalue weighted by Gasteiger charge is 2.18. The monoisotopic (exact) mass is 248 g/mol. The maximum Gasteiger partial charge on any atom is 0.272 e. The molecule has 0 fully saturated rings. The van der Waals surface area contributed by atoms with Gasteiger partial charge in [0.05, 0.1) is 12.4 Å². The van der Waals surface area contributed by atoms with E-state index in [2.05, 4.69) is 25.5 Å². The van der Waals surface area contributed by atoms with Crippen molar-refractivity contribution in [3.8, 4) is 0 Å². The fraction of sp³-hybridized carbons (Fsp3) is 0.455. The highest BCUT2D eigenvalue weighted by atomic mass is 16.2. The average molecular weight is 248 g/mol. The van der Waals surface area contributed by atoms with Crippen LogP contribution in [0.2, 0.25) is 0 Å². The van der Waals surface area contributed by atoms with Gasteiger partial charge in [0.1, 0.15) is 12.0 Å². The van der Waals surface area contributed by atoms with Gasteiger partial charge in [-0.15, -0.1) is 10.2 Å². The number of aryl methyl sites for hydroxylation is 2. The number of H-pyrrole nitrogens is 1. The number of nitrogens with one attached hydrogen (secondary N) is 2. The second-order valence-corrected chi connectivity index (χ2v) is 4.05. The molecule has 1 amide bonds. The van der Waals surface area contributed by atoms with Crippen molar-refractivity contribution in [2.24, 2.45) is 0 Å². The number of rotatable bonds is 4. The first-order valence-corrected chi connectivity index (χ1v) is 5.82. The summed E-state index contributed by atoms with van der Waals surface area (Å²) in [4.78, 5) is 18.8. The van der Waals surface area contributed by atoms with Crippen LogP contribution in [0.25, 0.3) is 0 Å². The zero-order chi connectivity index (χ0) is 13.1. The van der Waals surface area contributed by atoms with Crippen LogP contribution in [0, 0.1) is 6.92 Å². The summed E-state index contributed by atoms with van der Waals surface area (Å²) in [6.07, 6.45) is 3.15. The molecule has 0 saturated carbocycles. The van der Waals surface area contributed by atoms with Gasteiger partial charge in [0.2, 0.25) is 0 Å². The first kappa shape index (κ1) is 12.3. The van der Waals surface area contributed by atoms with Crippen LogP contribution in [0.1, 0.15) is 41.9 Å². The van der Waals surface area contributed by atoms with Crippen molar-refractivity contribution in [3.63, 3.8) is 0 Å². The van der Waals surface area contributed by atoms with Crippen molar-refractivity contribution in [1.29, 1.82) is 0 Å². The van der Waals surface area contributed by atoms with Gasteiger partial charge in [-0.25, -0.2) is 4.98 Å². The average Bonchev–Trinajstić information content (AvgIpc) is 2.96. The first-order chi connectivity index (χ1) is 8.63. The summed E-state index contributed by atoms with van der Waals surface area (Å²) in [6.45, 7) is 6.44. The van der Waals surface area contributed by atoms with E-state index in [0.29, 0.717) is 5.69 Å². The molecule has 0 aliphatic heterocycles. The molecule has 0 saturated heterocycles. The van der Waals surface area contributed by atoms with E-state index in [9.17, 15) is 4.79 Å². The van der Waals surface area contributed by atoms with E-state index in [1.54, 1.807) is 13.3 Å². The predicted octanol–water partition coefficient (Wildman–Crippen LogP) is 0.821. The molecular weight excluding hydrogens is 232 g/mol. The zero-order valence-electron chi connectivity index (χ0n) is 10.6. The smallest absolute Gasteiger partial charge is 0.272 e. The third-order valence-electron chi connectivity index (χ3n) is 2.77. The van der Waals surface area contributed by atoms with E-state index in [0.717, 1.165) is 18.1 Å². The molecule has 18 heavy (non-hydrogen) atoms. The summed E-state index contributed by atoms with van der Waals surface area (Å²) >= 11 is 0. The summed E-state index contributed by atoms with van der Waals surface area (Å²) in [5.74, 6) is 0.519. The van der Waals surface area contributed by atoms with Gasteiger partial charge in [0.15, 0.2) is 5.82 Å². The number of amides is 1. The molecule has 0 radical (unpaired) electrons. The van der Waals surface area contributed by atoms with E-state index in [1.165, 1.54) is 6.33 Å².